The van der Waals surface area contributed by atoms with Crippen molar-refractivity contribution in [3.05, 3.63) is 16.9 Å². The monoisotopic (exact) mass is 469 g/mol. The molecular formula is C27H36ClN3O2. The summed E-state index contributed by atoms with van der Waals surface area (Å²) in [5, 5.41) is 24.4. The van der Waals surface area contributed by atoms with Crippen LogP contribution in [0, 0.1) is 70.0 Å². The van der Waals surface area contributed by atoms with Gasteiger partial charge in [-0.3, -0.25) is 4.79 Å². The quantitative estimate of drug-likeness (QED) is 0.667. The number of aromatic nitrogens is 2. The summed E-state index contributed by atoms with van der Waals surface area (Å²) in [5.41, 5.74) is -0.0661. The van der Waals surface area contributed by atoms with Crippen molar-refractivity contribution in [2.45, 2.75) is 77.9 Å². The Kier molecular flexibility index (Phi) is 4.90. The summed E-state index contributed by atoms with van der Waals surface area (Å²) in [6.45, 7) is 6.98. The number of carbonyl (C=O) groups excluding carboxylic acids is 1. The number of halogens is 1. The second-order valence-electron chi connectivity index (χ2n) is 12.7. The van der Waals surface area contributed by atoms with Gasteiger partial charge in [0.25, 0.3) is 0 Å². The maximum atomic E-state index is 13.7. The minimum Gasteiger partial charge on any atom is -0.390 e. The molecule has 0 radical (unpaired) electrons. The van der Waals surface area contributed by atoms with Gasteiger partial charge in [-0.2, -0.15) is 10.4 Å². The lowest BCUT2D eigenvalue weighted by Crippen LogP contribution is -2.52. The van der Waals surface area contributed by atoms with Crippen LogP contribution in [-0.2, 0) is 11.3 Å². The SMILES string of the molecule is C[C@H]1[C@H]2C3[C@@H]4CC[C@@H]5C[C@](C)(O)CC[C@@H]5[C@H]4CC[C@]3(C)[C@@H](C(=O)Cn3ncc(C#N)c3Cl)[C@@H]12. The van der Waals surface area contributed by atoms with Crippen LogP contribution in [0.5, 0.6) is 0 Å². The number of carbonyl (C=O) groups is 1. The number of Topliss-reactive ketones (excluding diaryl/α,β-unsaturated/α-hetero) is 1. The molecule has 5 saturated carbocycles. The molecule has 1 aromatic heterocycles. The largest absolute Gasteiger partial charge is 0.390 e. The molecule has 6 heteroatoms. The smallest absolute Gasteiger partial charge is 0.158 e. The predicted octanol–water partition coefficient (Wildman–Crippen LogP) is 5.10. The number of hydrogen-bond donors (Lipinski definition) is 1. The highest BCUT2D eigenvalue weighted by Gasteiger charge is 2.73. The van der Waals surface area contributed by atoms with Crippen molar-refractivity contribution in [1.82, 2.24) is 9.78 Å². The Hall–Kier alpha value is -1.38. The fourth-order valence-corrected chi connectivity index (χ4v) is 10.1. The summed E-state index contributed by atoms with van der Waals surface area (Å²) in [5.74, 6) is 5.77. The Morgan fingerprint density at radius 1 is 1.21 bits per heavy atom. The Bertz CT molecular complexity index is 1030. The summed E-state index contributed by atoms with van der Waals surface area (Å²) in [7, 11) is 0. The maximum Gasteiger partial charge on any atom is 0.158 e. The van der Waals surface area contributed by atoms with Crippen molar-refractivity contribution >= 4 is 17.4 Å². The lowest BCUT2D eigenvalue weighted by atomic mass is 9.47. The van der Waals surface area contributed by atoms with Crippen molar-refractivity contribution in [3.63, 3.8) is 0 Å². The first-order valence-electron chi connectivity index (χ1n) is 13.0. The van der Waals surface area contributed by atoms with Gasteiger partial charge in [0.2, 0.25) is 0 Å². The Labute approximate surface area is 201 Å². The number of aliphatic hydroxyl groups is 1. The number of hydrogen-bond acceptors (Lipinski definition) is 4. The van der Waals surface area contributed by atoms with Crippen LogP contribution >= 0.6 is 11.6 Å². The number of nitriles is 1. The van der Waals surface area contributed by atoms with Gasteiger partial charge in [0, 0.05) is 5.92 Å². The van der Waals surface area contributed by atoms with E-state index in [2.05, 4.69) is 25.0 Å². The number of rotatable bonds is 3. The van der Waals surface area contributed by atoms with E-state index in [-0.39, 0.29) is 28.8 Å². The lowest BCUT2D eigenvalue weighted by molar-refractivity contribution is -0.137. The van der Waals surface area contributed by atoms with Crippen molar-refractivity contribution in [3.8, 4) is 6.07 Å². The van der Waals surface area contributed by atoms with Crippen molar-refractivity contribution < 1.29 is 9.90 Å². The average molecular weight is 470 g/mol. The highest BCUT2D eigenvalue weighted by atomic mass is 35.5. The first kappa shape index (κ1) is 22.1. The molecule has 1 unspecified atom stereocenters. The van der Waals surface area contributed by atoms with E-state index in [4.69, 9.17) is 11.6 Å². The van der Waals surface area contributed by atoms with Crippen LogP contribution in [0.2, 0.25) is 5.15 Å². The standard InChI is InChI=1S/C27H36ClN3O2/c1-14-21-22(14)24(20(32)13-31-25(28)16(11-29)12-30-31)27(3)9-7-18-17-6-8-26(2,33)10-15(17)4-5-19(18)23(21)27/h12,14-15,17-19,21-24,33H,4-10,13H2,1-3H3/t14-,15+,17-,18+,19+,21+,22-,23?,24-,26+,27-/m0/s1. The molecule has 1 aromatic rings. The van der Waals surface area contributed by atoms with Crippen molar-refractivity contribution in [2.75, 3.05) is 0 Å². The fraction of sp³-hybridized carbons (Fsp3) is 0.815. The third kappa shape index (κ3) is 3.12. The summed E-state index contributed by atoms with van der Waals surface area (Å²) in [6, 6.07) is 2.05. The molecule has 0 aromatic carbocycles. The van der Waals surface area contributed by atoms with E-state index in [1.54, 1.807) is 0 Å². The number of fused-ring (bicyclic) bond motifs is 7. The van der Waals surface area contributed by atoms with E-state index in [0.717, 1.165) is 37.0 Å². The van der Waals surface area contributed by atoms with E-state index >= 15 is 0 Å². The van der Waals surface area contributed by atoms with Crippen LogP contribution in [0.3, 0.4) is 0 Å². The molecule has 1 heterocycles. The zero-order valence-electron chi connectivity index (χ0n) is 20.0. The summed E-state index contributed by atoms with van der Waals surface area (Å²) >= 11 is 6.31. The van der Waals surface area contributed by atoms with Gasteiger partial charge in [-0.25, -0.2) is 4.68 Å². The predicted molar refractivity (Wildman–Crippen MR) is 125 cm³/mol. The Morgan fingerprint density at radius 2 is 1.97 bits per heavy atom. The molecule has 0 amide bonds. The van der Waals surface area contributed by atoms with E-state index < -0.39 is 5.60 Å². The molecule has 178 valence electrons. The third-order valence-electron chi connectivity index (χ3n) is 11.1. The van der Waals surface area contributed by atoms with Crippen LogP contribution in [-0.4, -0.2) is 26.3 Å². The zero-order chi connectivity index (χ0) is 23.3. The van der Waals surface area contributed by atoms with Crippen LogP contribution in [0.25, 0.3) is 0 Å². The normalized spacial score (nSPS) is 49.9. The molecule has 5 aliphatic rings. The molecule has 1 N–H and O–H groups in total. The molecule has 0 saturated heterocycles. The minimum absolute atomic E-state index is 0.0742. The van der Waals surface area contributed by atoms with E-state index in [1.807, 2.05) is 6.92 Å². The number of nitrogens with zero attached hydrogens (tertiary/aromatic N) is 3. The highest BCUT2D eigenvalue weighted by Crippen LogP contribution is 2.77. The summed E-state index contributed by atoms with van der Waals surface area (Å²) in [4.78, 5) is 13.7. The molecule has 5 nitrogen and oxygen atoms in total. The van der Waals surface area contributed by atoms with Gasteiger partial charge in [0.15, 0.2) is 5.78 Å². The van der Waals surface area contributed by atoms with Gasteiger partial charge in [-0.05, 0) is 105 Å². The zero-order valence-corrected chi connectivity index (χ0v) is 20.8. The van der Waals surface area contributed by atoms with Crippen molar-refractivity contribution in [1.29, 1.82) is 5.26 Å². The van der Waals surface area contributed by atoms with Crippen molar-refractivity contribution in [2.24, 2.45) is 58.7 Å². The second-order valence-corrected chi connectivity index (χ2v) is 13.1. The summed E-state index contributed by atoms with van der Waals surface area (Å²) < 4.78 is 1.52. The lowest BCUT2D eigenvalue weighted by Gasteiger charge is -2.58. The Morgan fingerprint density at radius 3 is 2.70 bits per heavy atom. The maximum absolute atomic E-state index is 13.7. The minimum atomic E-state index is -0.475. The highest BCUT2D eigenvalue weighted by molar-refractivity contribution is 6.30. The number of ketones is 1. The van der Waals surface area contributed by atoms with Gasteiger partial charge in [0.05, 0.1) is 11.8 Å². The second kappa shape index (κ2) is 7.31. The van der Waals surface area contributed by atoms with Gasteiger partial charge < -0.3 is 5.11 Å². The van der Waals surface area contributed by atoms with Gasteiger partial charge in [0.1, 0.15) is 23.3 Å². The Balaban J connectivity index is 1.26. The van der Waals surface area contributed by atoms with Gasteiger partial charge >= 0.3 is 0 Å². The summed E-state index contributed by atoms with van der Waals surface area (Å²) in [6.07, 6.45) is 9.45. The third-order valence-corrected chi connectivity index (χ3v) is 11.5. The topological polar surface area (TPSA) is 78.9 Å². The molecule has 33 heavy (non-hydrogen) atoms. The van der Waals surface area contributed by atoms with Crippen LogP contribution in [0.1, 0.15) is 71.3 Å². The fourth-order valence-electron chi connectivity index (χ4n) is 9.89. The molecular weight excluding hydrogens is 434 g/mol. The van der Waals surface area contributed by atoms with Gasteiger partial charge in [-0.15, -0.1) is 0 Å². The molecule has 0 spiro atoms. The first-order chi connectivity index (χ1) is 15.7. The molecule has 5 aliphatic carbocycles. The van der Waals surface area contributed by atoms with Crippen LogP contribution < -0.4 is 0 Å². The van der Waals surface area contributed by atoms with Crippen LogP contribution in [0.15, 0.2) is 6.20 Å². The van der Waals surface area contributed by atoms with E-state index in [1.165, 1.54) is 36.6 Å². The van der Waals surface area contributed by atoms with E-state index in [0.29, 0.717) is 35.2 Å². The van der Waals surface area contributed by atoms with Gasteiger partial charge in [-0.1, -0.05) is 25.4 Å². The molecule has 11 atom stereocenters. The first-order valence-corrected chi connectivity index (χ1v) is 13.4. The average Bonchev–Trinajstić information content (AvgIpc) is 3.11. The molecule has 0 aliphatic heterocycles. The molecule has 5 fully saturated rings. The molecule has 6 rings (SSSR count). The van der Waals surface area contributed by atoms with E-state index in [9.17, 15) is 15.2 Å². The van der Waals surface area contributed by atoms with Crippen LogP contribution in [0.4, 0.5) is 0 Å². The molecule has 0 bridgehead atoms.